The summed E-state index contributed by atoms with van der Waals surface area (Å²) in [5.41, 5.74) is -0.411. The van der Waals surface area contributed by atoms with Crippen LogP contribution in [0.5, 0.6) is 0 Å². The lowest BCUT2D eigenvalue weighted by Crippen LogP contribution is -2.40. The van der Waals surface area contributed by atoms with Crippen LogP contribution in [-0.4, -0.2) is 37.1 Å². The van der Waals surface area contributed by atoms with E-state index in [1.165, 1.54) is 0 Å². The third-order valence-corrected chi connectivity index (χ3v) is 2.82. The first kappa shape index (κ1) is 14.9. The topological polar surface area (TPSA) is 38.7 Å². The second-order valence-electron chi connectivity index (χ2n) is 5.30. The summed E-state index contributed by atoms with van der Waals surface area (Å²) >= 11 is 0. The lowest BCUT2D eigenvalue weighted by atomic mass is 9.77. The summed E-state index contributed by atoms with van der Waals surface area (Å²) in [6, 6.07) is 0. The van der Waals surface area contributed by atoms with Crippen LogP contribution in [0.4, 0.5) is 0 Å². The molecule has 0 aliphatic rings. The van der Waals surface area contributed by atoms with Crippen LogP contribution in [0, 0.1) is 5.41 Å². The van der Waals surface area contributed by atoms with E-state index in [4.69, 9.17) is 9.47 Å². The van der Waals surface area contributed by atoms with Crippen LogP contribution in [0.3, 0.4) is 0 Å². The van der Waals surface area contributed by atoms with Gasteiger partial charge >= 0.3 is 0 Å². The summed E-state index contributed by atoms with van der Waals surface area (Å²) in [4.78, 5) is 0. The maximum Gasteiger partial charge on any atom is 0.0825 e. The van der Waals surface area contributed by atoms with Crippen molar-refractivity contribution in [3.8, 4) is 0 Å². The Kier molecular flexibility index (Phi) is 5.78. The largest absolute Gasteiger partial charge is 0.390 e. The second-order valence-corrected chi connectivity index (χ2v) is 5.30. The molecule has 3 nitrogen and oxygen atoms in total. The second kappa shape index (κ2) is 5.83. The van der Waals surface area contributed by atoms with E-state index in [-0.39, 0.29) is 11.0 Å². The Balaban J connectivity index is 4.26. The molecule has 1 unspecified atom stereocenters. The van der Waals surface area contributed by atoms with Gasteiger partial charge in [0, 0.05) is 13.7 Å². The number of aliphatic hydroxyl groups is 1. The number of methoxy groups -OCH3 is 1. The van der Waals surface area contributed by atoms with Crippen LogP contribution >= 0.6 is 0 Å². The van der Waals surface area contributed by atoms with Crippen LogP contribution in [0.15, 0.2) is 0 Å². The van der Waals surface area contributed by atoms with Crippen molar-refractivity contribution in [3.63, 3.8) is 0 Å². The SMILES string of the molecule is CCOCC(O)C(C)(C)CC(C)(C)OC. The summed E-state index contributed by atoms with van der Waals surface area (Å²) in [5, 5.41) is 9.99. The normalized spacial score (nSPS) is 15.4. The average Bonchev–Trinajstić information content (AvgIpc) is 2.12. The van der Waals surface area contributed by atoms with Gasteiger partial charge in [0.05, 0.1) is 18.3 Å². The molecule has 0 bridgehead atoms. The molecule has 0 aromatic carbocycles. The van der Waals surface area contributed by atoms with Crippen molar-refractivity contribution < 1.29 is 14.6 Å². The molecular formula is C12H26O3. The molecule has 0 heterocycles. The smallest absolute Gasteiger partial charge is 0.0825 e. The molecule has 15 heavy (non-hydrogen) atoms. The minimum absolute atomic E-state index is 0.200. The van der Waals surface area contributed by atoms with Crippen molar-refractivity contribution in [2.45, 2.75) is 52.7 Å². The van der Waals surface area contributed by atoms with Gasteiger partial charge in [0.25, 0.3) is 0 Å². The highest BCUT2D eigenvalue weighted by Gasteiger charge is 2.34. The van der Waals surface area contributed by atoms with Gasteiger partial charge in [-0.2, -0.15) is 0 Å². The summed E-state index contributed by atoms with van der Waals surface area (Å²) in [7, 11) is 1.70. The van der Waals surface area contributed by atoms with E-state index in [0.29, 0.717) is 13.2 Å². The van der Waals surface area contributed by atoms with Crippen molar-refractivity contribution >= 4 is 0 Å². The highest BCUT2D eigenvalue weighted by molar-refractivity contribution is 4.85. The van der Waals surface area contributed by atoms with Crippen LogP contribution in [-0.2, 0) is 9.47 Å². The summed E-state index contributed by atoms with van der Waals surface area (Å²) in [6.45, 7) is 11.1. The molecular weight excluding hydrogens is 192 g/mol. The molecule has 0 aromatic rings. The van der Waals surface area contributed by atoms with E-state index in [1.807, 2.05) is 34.6 Å². The Hall–Kier alpha value is -0.120. The first-order valence-corrected chi connectivity index (χ1v) is 5.56. The van der Waals surface area contributed by atoms with Gasteiger partial charge in [0.2, 0.25) is 0 Å². The molecule has 1 atom stereocenters. The zero-order valence-electron chi connectivity index (χ0n) is 11.0. The van der Waals surface area contributed by atoms with Crippen molar-refractivity contribution in [2.24, 2.45) is 5.41 Å². The van der Waals surface area contributed by atoms with Crippen LogP contribution < -0.4 is 0 Å². The Morgan fingerprint density at radius 3 is 2.13 bits per heavy atom. The average molecular weight is 218 g/mol. The third kappa shape index (κ3) is 5.50. The van der Waals surface area contributed by atoms with Gasteiger partial charge in [-0.1, -0.05) is 13.8 Å². The lowest BCUT2D eigenvalue weighted by molar-refractivity contribution is -0.0746. The van der Waals surface area contributed by atoms with E-state index in [0.717, 1.165) is 6.42 Å². The fourth-order valence-electron chi connectivity index (χ4n) is 1.74. The fraction of sp³-hybridized carbons (Fsp3) is 1.00. The summed E-state index contributed by atoms with van der Waals surface area (Å²) in [5.74, 6) is 0. The van der Waals surface area contributed by atoms with Gasteiger partial charge in [0.1, 0.15) is 0 Å². The van der Waals surface area contributed by atoms with Crippen LogP contribution in [0.25, 0.3) is 0 Å². The summed E-state index contributed by atoms with van der Waals surface area (Å²) in [6.07, 6.45) is 0.344. The predicted molar refractivity (Wildman–Crippen MR) is 62.0 cm³/mol. The standard InChI is InChI=1S/C12H26O3/c1-7-15-8-10(13)11(2,3)9-12(4,5)14-6/h10,13H,7-9H2,1-6H3. The van der Waals surface area contributed by atoms with Gasteiger partial charge < -0.3 is 14.6 Å². The molecule has 0 saturated carbocycles. The van der Waals surface area contributed by atoms with E-state index >= 15 is 0 Å². The quantitative estimate of drug-likeness (QED) is 0.712. The number of ether oxygens (including phenoxy) is 2. The van der Waals surface area contributed by atoms with E-state index in [2.05, 4.69) is 0 Å². The highest BCUT2D eigenvalue weighted by Crippen LogP contribution is 2.33. The number of hydrogen-bond acceptors (Lipinski definition) is 3. The zero-order chi connectivity index (χ0) is 12.1. The Labute approximate surface area is 93.8 Å². The minimum atomic E-state index is -0.452. The molecule has 0 aliphatic heterocycles. The molecule has 0 amide bonds. The third-order valence-electron chi connectivity index (χ3n) is 2.82. The van der Waals surface area contributed by atoms with Crippen molar-refractivity contribution in [2.75, 3.05) is 20.3 Å². The van der Waals surface area contributed by atoms with Crippen LogP contribution in [0.2, 0.25) is 0 Å². The zero-order valence-corrected chi connectivity index (χ0v) is 11.0. The molecule has 0 fully saturated rings. The number of aliphatic hydroxyl groups excluding tert-OH is 1. The van der Waals surface area contributed by atoms with Gasteiger partial charge in [-0.3, -0.25) is 0 Å². The van der Waals surface area contributed by atoms with Crippen molar-refractivity contribution in [1.82, 2.24) is 0 Å². The molecule has 92 valence electrons. The van der Waals surface area contributed by atoms with Gasteiger partial charge in [-0.05, 0) is 32.6 Å². The molecule has 0 radical (unpaired) electrons. The first-order valence-electron chi connectivity index (χ1n) is 5.56. The van der Waals surface area contributed by atoms with E-state index < -0.39 is 6.10 Å². The Bertz CT molecular complexity index is 176. The fourth-order valence-corrected chi connectivity index (χ4v) is 1.74. The molecule has 3 heteroatoms. The van der Waals surface area contributed by atoms with Crippen molar-refractivity contribution in [1.29, 1.82) is 0 Å². The van der Waals surface area contributed by atoms with E-state index in [1.54, 1.807) is 7.11 Å². The molecule has 0 aliphatic carbocycles. The molecule has 0 saturated heterocycles. The van der Waals surface area contributed by atoms with Gasteiger partial charge in [0.15, 0.2) is 0 Å². The van der Waals surface area contributed by atoms with Crippen molar-refractivity contribution in [3.05, 3.63) is 0 Å². The summed E-state index contributed by atoms with van der Waals surface area (Å²) < 4.78 is 10.6. The maximum absolute atomic E-state index is 9.99. The highest BCUT2D eigenvalue weighted by atomic mass is 16.5. The molecule has 0 aromatic heterocycles. The van der Waals surface area contributed by atoms with E-state index in [9.17, 15) is 5.11 Å². The van der Waals surface area contributed by atoms with Gasteiger partial charge in [-0.15, -0.1) is 0 Å². The Morgan fingerprint density at radius 1 is 1.20 bits per heavy atom. The van der Waals surface area contributed by atoms with Crippen LogP contribution in [0.1, 0.15) is 41.0 Å². The minimum Gasteiger partial charge on any atom is -0.390 e. The number of hydrogen-bond donors (Lipinski definition) is 1. The lowest BCUT2D eigenvalue weighted by Gasteiger charge is -2.37. The Morgan fingerprint density at radius 2 is 1.73 bits per heavy atom. The predicted octanol–water partition coefficient (Wildman–Crippen LogP) is 2.23. The number of rotatable bonds is 7. The monoisotopic (exact) mass is 218 g/mol. The van der Waals surface area contributed by atoms with Gasteiger partial charge in [-0.25, -0.2) is 0 Å². The molecule has 1 N–H and O–H groups in total. The molecule has 0 rings (SSSR count). The maximum atomic E-state index is 9.99. The first-order chi connectivity index (χ1) is 6.75. The molecule has 0 spiro atoms.